The van der Waals surface area contributed by atoms with Gasteiger partial charge >= 0.3 is 0 Å². The molecule has 0 aliphatic heterocycles. The fraction of sp³-hybridized carbons (Fsp3) is 0.268. The Bertz CT molecular complexity index is 1890. The van der Waals surface area contributed by atoms with Crippen LogP contribution in [-0.2, 0) is 43.2 Å². The van der Waals surface area contributed by atoms with E-state index in [4.69, 9.17) is 17.2 Å². The third-order valence-corrected chi connectivity index (χ3v) is 9.06. The molecule has 288 valence electrons. The van der Waals surface area contributed by atoms with Gasteiger partial charge in [0.15, 0.2) is 5.96 Å². The summed E-state index contributed by atoms with van der Waals surface area (Å²) in [7, 11) is 0. The molecule has 0 saturated carbocycles. The number of carbonyl (C=O) groups is 5. The zero-order valence-electron chi connectivity index (χ0n) is 30.4. The topological polar surface area (TPSA) is 224 Å². The fourth-order valence-corrected chi connectivity index (χ4v) is 6.05. The number of rotatable bonds is 20. The molecular formula is C41H48N8O5S. The van der Waals surface area contributed by atoms with Crippen LogP contribution >= 0.6 is 12.6 Å². The highest BCUT2D eigenvalue weighted by molar-refractivity contribution is 7.80. The van der Waals surface area contributed by atoms with Crippen molar-refractivity contribution in [1.29, 1.82) is 0 Å². The van der Waals surface area contributed by atoms with Gasteiger partial charge < -0.3 is 38.5 Å². The van der Waals surface area contributed by atoms with Gasteiger partial charge in [0.1, 0.15) is 24.2 Å². The lowest BCUT2D eigenvalue weighted by molar-refractivity contribution is -0.134. The van der Waals surface area contributed by atoms with Gasteiger partial charge in [-0.05, 0) is 40.7 Å². The minimum absolute atomic E-state index is 0.0158. The lowest BCUT2D eigenvalue weighted by Gasteiger charge is -2.26. The predicted molar refractivity (Wildman–Crippen MR) is 217 cm³/mol. The Morgan fingerprint density at radius 2 is 1.02 bits per heavy atom. The average Bonchev–Trinajstić information content (AvgIpc) is 3.18. The van der Waals surface area contributed by atoms with Crippen molar-refractivity contribution in [3.05, 3.63) is 132 Å². The number of hydrogen-bond donors (Lipinski definition) is 8. The van der Waals surface area contributed by atoms with E-state index in [2.05, 4.69) is 38.9 Å². The number of guanidine groups is 1. The van der Waals surface area contributed by atoms with Crippen molar-refractivity contribution in [2.45, 2.75) is 56.3 Å². The van der Waals surface area contributed by atoms with Gasteiger partial charge in [-0.25, -0.2) is 0 Å². The SMILES string of the molecule is NC(=O)[C@H](Cc1ccccc1)NC(=O)[C@H](Cc1ccccc1)NC(=O)[C@@H](CCCN=C(N)N)NC(=O)[C@H](CS)NC(=O)Cc1ccc(-c2ccccc2)cc1. The van der Waals surface area contributed by atoms with E-state index in [9.17, 15) is 24.0 Å². The molecule has 5 amide bonds. The third-order valence-electron chi connectivity index (χ3n) is 8.70. The number of aliphatic imine (C=N–C) groups is 1. The van der Waals surface area contributed by atoms with Crippen LogP contribution in [-0.4, -0.2) is 72.0 Å². The zero-order valence-corrected chi connectivity index (χ0v) is 31.3. The summed E-state index contributed by atoms with van der Waals surface area (Å²) in [6, 6.07) is 31.0. The van der Waals surface area contributed by atoms with Crippen LogP contribution in [0.5, 0.6) is 0 Å². The molecule has 13 nitrogen and oxygen atoms in total. The zero-order chi connectivity index (χ0) is 39.6. The second-order valence-electron chi connectivity index (χ2n) is 13.0. The summed E-state index contributed by atoms with van der Waals surface area (Å²) >= 11 is 4.30. The molecule has 0 radical (unpaired) electrons. The van der Waals surface area contributed by atoms with E-state index >= 15 is 0 Å². The van der Waals surface area contributed by atoms with Gasteiger partial charge in [0.2, 0.25) is 29.5 Å². The van der Waals surface area contributed by atoms with Crippen molar-refractivity contribution in [1.82, 2.24) is 21.3 Å². The van der Waals surface area contributed by atoms with Crippen molar-refractivity contribution in [3.63, 3.8) is 0 Å². The van der Waals surface area contributed by atoms with E-state index in [1.165, 1.54) is 0 Å². The fourth-order valence-electron chi connectivity index (χ4n) is 5.79. The lowest BCUT2D eigenvalue weighted by atomic mass is 10.0. The second-order valence-corrected chi connectivity index (χ2v) is 13.3. The Morgan fingerprint density at radius 3 is 1.56 bits per heavy atom. The first-order valence-electron chi connectivity index (χ1n) is 17.9. The minimum atomic E-state index is -1.16. The number of hydrogen-bond acceptors (Lipinski definition) is 7. The molecule has 0 aliphatic rings. The lowest BCUT2D eigenvalue weighted by Crippen LogP contribution is -2.59. The van der Waals surface area contributed by atoms with Gasteiger partial charge in [-0.15, -0.1) is 0 Å². The summed E-state index contributed by atoms with van der Waals surface area (Å²) in [4.78, 5) is 70.7. The molecule has 4 rings (SSSR count). The van der Waals surface area contributed by atoms with Crippen LogP contribution in [0, 0.1) is 0 Å². The van der Waals surface area contributed by atoms with Crippen LogP contribution in [0.4, 0.5) is 0 Å². The van der Waals surface area contributed by atoms with Crippen molar-refractivity contribution in [2.24, 2.45) is 22.2 Å². The van der Waals surface area contributed by atoms with E-state index < -0.39 is 53.7 Å². The number of nitrogens with zero attached hydrogens (tertiary/aromatic N) is 1. The highest BCUT2D eigenvalue weighted by Gasteiger charge is 2.31. The maximum atomic E-state index is 13.9. The number of nitrogens with two attached hydrogens (primary N) is 3. The molecule has 55 heavy (non-hydrogen) atoms. The highest BCUT2D eigenvalue weighted by Crippen LogP contribution is 2.19. The summed E-state index contributed by atoms with van der Waals surface area (Å²) in [5, 5.41) is 10.9. The van der Waals surface area contributed by atoms with E-state index in [1.54, 1.807) is 24.3 Å². The Morgan fingerprint density at radius 1 is 0.545 bits per heavy atom. The molecule has 0 unspecified atom stereocenters. The van der Waals surface area contributed by atoms with Crippen molar-refractivity contribution in [2.75, 3.05) is 12.3 Å². The Labute approximate surface area is 326 Å². The van der Waals surface area contributed by atoms with E-state index in [0.717, 1.165) is 27.8 Å². The monoisotopic (exact) mass is 764 g/mol. The summed E-state index contributed by atoms with van der Waals surface area (Å²) in [5.41, 5.74) is 21.0. The van der Waals surface area contributed by atoms with Crippen LogP contribution in [0.15, 0.2) is 120 Å². The summed E-state index contributed by atoms with van der Waals surface area (Å²) in [6.07, 6.45) is 0.622. The Kier molecular flexibility index (Phi) is 16.3. The molecule has 0 fully saturated rings. The normalized spacial score (nSPS) is 12.9. The standard InChI is InChI=1S/C41H48N8O5S/c42-37(51)33(23-27-11-4-1-5-12-27)48-39(53)34(24-28-13-6-2-7-14-28)49-38(52)32(17-10-22-45-41(43)44)47-40(54)35(26-55)46-36(50)25-29-18-20-31(21-19-29)30-15-8-3-9-16-30/h1-9,11-16,18-21,32-35,55H,10,17,22-26H2,(H2,42,51)(H,46,50)(H,47,54)(H,48,53)(H,49,52)(H4,43,44,45)/t32-,33+,34+,35+/m1/s1. The molecule has 4 aromatic carbocycles. The molecule has 10 N–H and O–H groups in total. The largest absolute Gasteiger partial charge is 0.370 e. The van der Waals surface area contributed by atoms with Crippen molar-refractivity contribution in [3.8, 4) is 11.1 Å². The first-order chi connectivity index (χ1) is 26.5. The number of carbonyl (C=O) groups excluding carboxylic acids is 5. The summed E-state index contributed by atoms with van der Waals surface area (Å²) in [5.74, 6) is -3.29. The quantitative estimate of drug-likeness (QED) is 0.0288. The Balaban J connectivity index is 1.46. The first kappa shape index (κ1) is 41.6. The highest BCUT2D eigenvalue weighted by atomic mass is 32.1. The molecular weight excluding hydrogens is 717 g/mol. The average molecular weight is 765 g/mol. The van der Waals surface area contributed by atoms with Gasteiger partial charge in [-0.1, -0.05) is 115 Å². The molecule has 14 heteroatoms. The minimum Gasteiger partial charge on any atom is -0.370 e. The molecule has 0 aromatic heterocycles. The van der Waals surface area contributed by atoms with Crippen LogP contribution < -0.4 is 38.5 Å². The van der Waals surface area contributed by atoms with Crippen molar-refractivity contribution < 1.29 is 24.0 Å². The molecule has 0 saturated heterocycles. The van der Waals surface area contributed by atoms with E-state index in [-0.39, 0.29) is 43.9 Å². The number of benzene rings is 4. The maximum Gasteiger partial charge on any atom is 0.244 e. The van der Waals surface area contributed by atoms with Crippen LogP contribution in [0.2, 0.25) is 0 Å². The number of amides is 5. The van der Waals surface area contributed by atoms with Crippen LogP contribution in [0.1, 0.15) is 29.5 Å². The molecule has 0 heterocycles. The first-order valence-corrected chi connectivity index (χ1v) is 18.5. The summed E-state index contributed by atoms with van der Waals surface area (Å²) in [6.45, 7) is 0.172. The van der Waals surface area contributed by atoms with Gasteiger partial charge in [0, 0.05) is 25.1 Å². The molecule has 0 aliphatic carbocycles. The Hall–Kier alpha value is -6.15. The van der Waals surface area contributed by atoms with E-state index in [1.807, 2.05) is 91.0 Å². The van der Waals surface area contributed by atoms with Gasteiger partial charge in [0.25, 0.3) is 0 Å². The summed E-state index contributed by atoms with van der Waals surface area (Å²) < 4.78 is 0. The molecule has 0 bridgehead atoms. The molecule has 4 atom stereocenters. The number of primary amides is 1. The molecule has 0 spiro atoms. The van der Waals surface area contributed by atoms with Gasteiger partial charge in [-0.2, -0.15) is 12.6 Å². The number of thiol groups is 1. The van der Waals surface area contributed by atoms with Gasteiger partial charge in [-0.3, -0.25) is 29.0 Å². The smallest absolute Gasteiger partial charge is 0.244 e. The van der Waals surface area contributed by atoms with Crippen LogP contribution in [0.25, 0.3) is 11.1 Å². The third kappa shape index (κ3) is 14.0. The van der Waals surface area contributed by atoms with E-state index in [0.29, 0.717) is 6.42 Å². The van der Waals surface area contributed by atoms with Crippen LogP contribution in [0.3, 0.4) is 0 Å². The van der Waals surface area contributed by atoms with Gasteiger partial charge in [0.05, 0.1) is 6.42 Å². The molecule has 4 aromatic rings. The maximum absolute atomic E-state index is 13.9. The second kappa shape index (κ2) is 21.5. The number of nitrogens with one attached hydrogen (secondary N) is 4. The van der Waals surface area contributed by atoms with Crippen molar-refractivity contribution >= 4 is 48.1 Å². The predicted octanol–water partition coefficient (Wildman–Crippen LogP) is 1.79.